The van der Waals surface area contributed by atoms with Gasteiger partial charge in [-0.2, -0.15) is 0 Å². The third-order valence-electron chi connectivity index (χ3n) is 3.73. The van der Waals surface area contributed by atoms with Crippen molar-refractivity contribution in [3.63, 3.8) is 0 Å². The number of carbonyl (C=O) groups is 1. The van der Waals surface area contributed by atoms with Crippen molar-refractivity contribution in [1.82, 2.24) is 0 Å². The molecular formula is C18H19NO2. The first-order valence-electron chi connectivity index (χ1n) is 7.21. The molecule has 0 bridgehead atoms. The summed E-state index contributed by atoms with van der Waals surface area (Å²) in [6, 6.07) is 11.7. The van der Waals surface area contributed by atoms with Crippen molar-refractivity contribution in [1.29, 1.82) is 0 Å². The van der Waals surface area contributed by atoms with E-state index >= 15 is 0 Å². The summed E-state index contributed by atoms with van der Waals surface area (Å²) in [5, 5.41) is 0. The number of ketones is 1. The first-order chi connectivity index (χ1) is 9.94. The second-order valence-electron chi connectivity index (χ2n) is 6.22. The number of carbonyl (C=O) groups excluding carboxylic acids is 1. The molecule has 0 aliphatic carbocycles. The molecule has 2 aromatic rings. The lowest BCUT2D eigenvalue weighted by Gasteiger charge is -2.28. The fourth-order valence-electron chi connectivity index (χ4n) is 2.85. The maximum absolute atomic E-state index is 12.4. The van der Waals surface area contributed by atoms with Gasteiger partial charge in [-0.25, -0.2) is 0 Å². The van der Waals surface area contributed by atoms with Crippen LogP contribution in [0.15, 0.2) is 45.8 Å². The van der Waals surface area contributed by atoms with E-state index in [0.29, 0.717) is 5.76 Å². The molecule has 0 spiro atoms. The first kappa shape index (κ1) is 13.8. The van der Waals surface area contributed by atoms with E-state index in [1.54, 1.807) is 6.07 Å². The lowest BCUT2D eigenvalue weighted by atomic mass is 9.85. The van der Waals surface area contributed by atoms with Crippen molar-refractivity contribution in [3.05, 3.63) is 59.0 Å². The van der Waals surface area contributed by atoms with Crippen molar-refractivity contribution >= 4 is 11.5 Å². The average molecular weight is 281 g/mol. The van der Waals surface area contributed by atoms with Gasteiger partial charge in [-0.1, -0.05) is 24.3 Å². The fraction of sp³-hybridized carbons (Fsp3) is 0.333. The Bertz CT molecular complexity index is 722. The van der Waals surface area contributed by atoms with Crippen LogP contribution in [0.2, 0.25) is 0 Å². The minimum atomic E-state index is -0.164. The Kier molecular flexibility index (Phi) is 3.28. The van der Waals surface area contributed by atoms with Gasteiger partial charge in [0.15, 0.2) is 5.76 Å². The third-order valence-corrected chi connectivity index (χ3v) is 3.73. The monoisotopic (exact) mass is 281 g/mol. The van der Waals surface area contributed by atoms with E-state index in [9.17, 15) is 4.79 Å². The lowest BCUT2D eigenvalue weighted by Crippen LogP contribution is -2.29. The summed E-state index contributed by atoms with van der Waals surface area (Å²) < 4.78 is 5.42. The molecule has 0 N–H and O–H groups in total. The molecular weight excluding hydrogens is 262 g/mol. The van der Waals surface area contributed by atoms with Crippen LogP contribution in [0.4, 0.5) is 0 Å². The highest BCUT2D eigenvalue weighted by atomic mass is 16.3. The molecule has 1 aromatic carbocycles. The van der Waals surface area contributed by atoms with Crippen molar-refractivity contribution < 1.29 is 9.21 Å². The average Bonchev–Trinajstić information content (AvgIpc) is 2.84. The number of Topliss-reactive ketones (excluding diaryl/α,β-unsaturated/α-hetero) is 1. The Balaban J connectivity index is 1.93. The Morgan fingerprint density at radius 3 is 2.71 bits per heavy atom. The molecule has 1 aliphatic heterocycles. The Labute approximate surface area is 124 Å². The van der Waals surface area contributed by atoms with Crippen molar-refractivity contribution in [3.8, 4) is 0 Å². The van der Waals surface area contributed by atoms with Gasteiger partial charge in [0, 0.05) is 0 Å². The molecule has 21 heavy (non-hydrogen) atoms. The molecule has 0 saturated carbocycles. The van der Waals surface area contributed by atoms with Gasteiger partial charge in [-0.3, -0.25) is 9.79 Å². The molecule has 3 heteroatoms. The van der Waals surface area contributed by atoms with Crippen LogP contribution in [0.1, 0.15) is 47.7 Å². The minimum absolute atomic E-state index is 0.0191. The molecule has 2 heterocycles. The van der Waals surface area contributed by atoms with Gasteiger partial charge in [0.25, 0.3) is 0 Å². The zero-order chi connectivity index (χ0) is 15.0. The van der Waals surface area contributed by atoms with Crippen LogP contribution in [0.25, 0.3) is 0 Å². The summed E-state index contributed by atoms with van der Waals surface area (Å²) >= 11 is 0. The standard InChI is InChI=1S/C18H19NO2/c1-12-8-9-17(21-12)16(20)10-15-14-7-5-4-6-13(14)11-18(2,3)19-15/h4-9H,10-11H2,1-3H3. The van der Waals surface area contributed by atoms with Crippen molar-refractivity contribution in [2.24, 2.45) is 4.99 Å². The zero-order valence-electron chi connectivity index (χ0n) is 12.6. The SMILES string of the molecule is Cc1ccc(C(=O)CC2=NC(C)(C)Cc3ccccc32)o1. The van der Waals surface area contributed by atoms with Crippen LogP contribution in [-0.4, -0.2) is 17.0 Å². The lowest BCUT2D eigenvalue weighted by molar-refractivity contribution is 0.0973. The normalized spacial score (nSPS) is 16.2. The number of hydrogen-bond donors (Lipinski definition) is 0. The van der Waals surface area contributed by atoms with E-state index in [4.69, 9.17) is 9.41 Å². The van der Waals surface area contributed by atoms with Crippen LogP contribution >= 0.6 is 0 Å². The zero-order valence-corrected chi connectivity index (χ0v) is 12.6. The third kappa shape index (κ3) is 2.82. The van der Waals surface area contributed by atoms with Crippen LogP contribution in [0.5, 0.6) is 0 Å². The van der Waals surface area contributed by atoms with E-state index in [-0.39, 0.29) is 17.7 Å². The number of hydrogen-bond acceptors (Lipinski definition) is 3. The molecule has 0 atom stereocenters. The van der Waals surface area contributed by atoms with Gasteiger partial charge >= 0.3 is 0 Å². The summed E-state index contributed by atoms with van der Waals surface area (Å²) in [5.41, 5.74) is 3.05. The van der Waals surface area contributed by atoms with Gasteiger partial charge in [-0.05, 0) is 50.5 Å². The van der Waals surface area contributed by atoms with Crippen LogP contribution in [0.3, 0.4) is 0 Å². The number of fused-ring (bicyclic) bond motifs is 1. The highest BCUT2D eigenvalue weighted by Gasteiger charge is 2.27. The molecule has 0 fully saturated rings. The Morgan fingerprint density at radius 1 is 1.24 bits per heavy atom. The topological polar surface area (TPSA) is 42.6 Å². The maximum Gasteiger partial charge on any atom is 0.203 e. The minimum Gasteiger partial charge on any atom is -0.458 e. The van der Waals surface area contributed by atoms with E-state index in [1.807, 2.05) is 31.2 Å². The summed E-state index contributed by atoms with van der Waals surface area (Å²) in [6.45, 7) is 6.04. The second kappa shape index (κ2) is 4.99. The molecule has 0 radical (unpaired) electrons. The smallest absolute Gasteiger partial charge is 0.203 e. The maximum atomic E-state index is 12.4. The molecule has 1 aliphatic rings. The first-order valence-corrected chi connectivity index (χ1v) is 7.21. The largest absolute Gasteiger partial charge is 0.458 e. The molecule has 0 unspecified atom stereocenters. The second-order valence-corrected chi connectivity index (χ2v) is 6.22. The summed E-state index contributed by atoms with van der Waals surface area (Å²) in [5.74, 6) is 1.15. The highest BCUT2D eigenvalue weighted by Crippen LogP contribution is 2.28. The number of aliphatic imine (C=N–C) groups is 1. The van der Waals surface area contributed by atoms with Crippen LogP contribution < -0.4 is 0 Å². The number of rotatable bonds is 3. The van der Waals surface area contributed by atoms with Crippen LogP contribution in [-0.2, 0) is 6.42 Å². The van der Waals surface area contributed by atoms with Gasteiger partial charge in [0.05, 0.1) is 17.7 Å². The number of furan rings is 1. The molecule has 108 valence electrons. The summed E-state index contributed by atoms with van der Waals surface area (Å²) in [6.07, 6.45) is 1.19. The quantitative estimate of drug-likeness (QED) is 0.798. The number of benzene rings is 1. The summed E-state index contributed by atoms with van der Waals surface area (Å²) in [4.78, 5) is 17.2. The van der Waals surface area contributed by atoms with E-state index in [0.717, 1.165) is 23.5 Å². The Morgan fingerprint density at radius 2 is 2.00 bits per heavy atom. The predicted octanol–water partition coefficient (Wildman–Crippen LogP) is 3.98. The molecule has 3 rings (SSSR count). The van der Waals surface area contributed by atoms with Gasteiger partial charge < -0.3 is 4.42 Å². The molecule has 0 saturated heterocycles. The summed E-state index contributed by atoms with van der Waals surface area (Å²) in [7, 11) is 0. The van der Waals surface area contributed by atoms with Crippen LogP contribution in [0, 0.1) is 6.92 Å². The molecule has 3 nitrogen and oxygen atoms in total. The molecule has 0 amide bonds. The number of aryl methyl sites for hydroxylation is 1. The number of nitrogens with zero attached hydrogens (tertiary/aromatic N) is 1. The van der Waals surface area contributed by atoms with E-state index in [2.05, 4.69) is 19.9 Å². The molecule has 1 aromatic heterocycles. The van der Waals surface area contributed by atoms with Gasteiger partial charge in [-0.15, -0.1) is 0 Å². The van der Waals surface area contributed by atoms with E-state index < -0.39 is 0 Å². The Hall–Kier alpha value is -2.16. The van der Waals surface area contributed by atoms with Gasteiger partial charge in [0.2, 0.25) is 5.78 Å². The fourth-order valence-corrected chi connectivity index (χ4v) is 2.85. The van der Waals surface area contributed by atoms with Crippen molar-refractivity contribution in [2.75, 3.05) is 0 Å². The predicted molar refractivity (Wildman–Crippen MR) is 83.2 cm³/mol. The van der Waals surface area contributed by atoms with E-state index in [1.165, 1.54) is 5.56 Å². The van der Waals surface area contributed by atoms with Gasteiger partial charge in [0.1, 0.15) is 5.76 Å². The van der Waals surface area contributed by atoms with Crippen molar-refractivity contribution in [2.45, 2.75) is 39.2 Å². The highest BCUT2D eigenvalue weighted by molar-refractivity contribution is 6.16.